The van der Waals surface area contributed by atoms with E-state index in [2.05, 4.69) is 26.5 Å². The molecule has 2 rings (SSSR count). The second kappa shape index (κ2) is 7.78. The molecule has 120 valence electrons. The maximum absolute atomic E-state index is 12.2. The molecule has 0 spiro atoms. The molecule has 0 aliphatic heterocycles. The van der Waals surface area contributed by atoms with Crippen LogP contribution in [-0.2, 0) is 0 Å². The molecule has 0 radical (unpaired) electrons. The number of amides is 1. The molecule has 2 aromatic rings. The van der Waals surface area contributed by atoms with E-state index >= 15 is 0 Å². The molecule has 5 nitrogen and oxygen atoms in total. The van der Waals surface area contributed by atoms with Crippen LogP contribution in [0, 0.1) is 0 Å². The highest BCUT2D eigenvalue weighted by Gasteiger charge is 2.10. The zero-order valence-corrected chi connectivity index (χ0v) is 14.7. The molecular formula is C17H17BrN2O3. The summed E-state index contributed by atoms with van der Waals surface area (Å²) in [6, 6.07) is 12.6. The number of nitrogens with one attached hydrogen (secondary N) is 1. The van der Waals surface area contributed by atoms with Crippen molar-refractivity contribution < 1.29 is 14.3 Å². The summed E-state index contributed by atoms with van der Waals surface area (Å²) in [5.74, 6) is 0.737. The Bertz CT molecular complexity index is 744. The van der Waals surface area contributed by atoms with Gasteiger partial charge in [-0.15, -0.1) is 0 Å². The van der Waals surface area contributed by atoms with E-state index in [4.69, 9.17) is 9.47 Å². The highest BCUT2D eigenvalue weighted by atomic mass is 79.9. The quantitative estimate of drug-likeness (QED) is 0.640. The number of hydrogen-bond donors (Lipinski definition) is 1. The van der Waals surface area contributed by atoms with Gasteiger partial charge in [-0.05, 0) is 31.2 Å². The molecule has 0 unspecified atom stereocenters. The Hall–Kier alpha value is -2.34. The van der Waals surface area contributed by atoms with Crippen LogP contribution in [0.2, 0.25) is 0 Å². The number of carbonyl (C=O) groups excluding carboxylic acids is 1. The summed E-state index contributed by atoms with van der Waals surface area (Å²) < 4.78 is 11.3. The lowest BCUT2D eigenvalue weighted by molar-refractivity contribution is 0.0954. The standard InChI is InChI=1S/C17H17BrN2O3/c1-11(13-6-4-5-7-14(13)18)19-20-17(21)12-8-9-15(22-2)16(10-12)23-3/h4-10H,1-3H3,(H,20,21)/b19-11-. The Labute approximate surface area is 143 Å². The summed E-state index contributed by atoms with van der Waals surface area (Å²) in [5.41, 5.74) is 4.60. The van der Waals surface area contributed by atoms with Gasteiger partial charge in [0.2, 0.25) is 0 Å². The smallest absolute Gasteiger partial charge is 0.271 e. The maximum atomic E-state index is 12.2. The molecule has 0 bridgehead atoms. The van der Waals surface area contributed by atoms with Crippen LogP contribution >= 0.6 is 15.9 Å². The maximum Gasteiger partial charge on any atom is 0.271 e. The normalized spacial score (nSPS) is 11.0. The highest BCUT2D eigenvalue weighted by Crippen LogP contribution is 2.27. The van der Waals surface area contributed by atoms with Gasteiger partial charge in [0.15, 0.2) is 11.5 Å². The number of rotatable bonds is 5. The summed E-state index contributed by atoms with van der Waals surface area (Å²) in [5, 5.41) is 4.14. The van der Waals surface area contributed by atoms with Crippen molar-refractivity contribution in [2.24, 2.45) is 5.10 Å². The summed E-state index contributed by atoms with van der Waals surface area (Å²) in [4.78, 5) is 12.2. The van der Waals surface area contributed by atoms with Crippen LogP contribution in [0.15, 0.2) is 52.0 Å². The van der Waals surface area contributed by atoms with E-state index in [9.17, 15) is 4.79 Å². The Morgan fingerprint density at radius 1 is 1.09 bits per heavy atom. The molecule has 0 aromatic heterocycles. The number of carbonyl (C=O) groups is 1. The lowest BCUT2D eigenvalue weighted by Crippen LogP contribution is -2.19. The molecule has 0 saturated carbocycles. The van der Waals surface area contributed by atoms with Gasteiger partial charge in [0.05, 0.1) is 19.9 Å². The number of hydrazone groups is 1. The third-order valence-electron chi connectivity index (χ3n) is 3.23. The van der Waals surface area contributed by atoms with Gasteiger partial charge in [0, 0.05) is 15.6 Å². The van der Waals surface area contributed by atoms with E-state index in [0.29, 0.717) is 22.8 Å². The topological polar surface area (TPSA) is 59.9 Å². The zero-order chi connectivity index (χ0) is 16.8. The second-order valence-corrected chi connectivity index (χ2v) is 5.54. The molecule has 0 fully saturated rings. The Kier molecular flexibility index (Phi) is 5.76. The minimum atomic E-state index is -0.322. The van der Waals surface area contributed by atoms with Crippen molar-refractivity contribution in [3.8, 4) is 11.5 Å². The molecule has 0 heterocycles. The molecule has 0 saturated heterocycles. The molecule has 6 heteroatoms. The summed E-state index contributed by atoms with van der Waals surface area (Å²) in [6.07, 6.45) is 0. The van der Waals surface area contributed by atoms with Gasteiger partial charge in [-0.2, -0.15) is 5.10 Å². The van der Waals surface area contributed by atoms with Crippen molar-refractivity contribution >= 4 is 27.5 Å². The third-order valence-corrected chi connectivity index (χ3v) is 3.93. The summed E-state index contributed by atoms with van der Waals surface area (Å²) in [7, 11) is 3.07. The van der Waals surface area contributed by atoms with E-state index in [-0.39, 0.29) is 5.91 Å². The minimum Gasteiger partial charge on any atom is -0.493 e. The number of hydrogen-bond acceptors (Lipinski definition) is 4. The van der Waals surface area contributed by atoms with Crippen molar-refractivity contribution in [1.29, 1.82) is 0 Å². The van der Waals surface area contributed by atoms with Gasteiger partial charge in [0.25, 0.3) is 5.91 Å². The Morgan fingerprint density at radius 3 is 2.43 bits per heavy atom. The fraction of sp³-hybridized carbons (Fsp3) is 0.176. The second-order valence-electron chi connectivity index (χ2n) is 4.69. The average Bonchev–Trinajstić information content (AvgIpc) is 2.59. The molecule has 2 aromatic carbocycles. The van der Waals surface area contributed by atoms with Gasteiger partial charge in [-0.25, -0.2) is 5.43 Å². The molecule has 23 heavy (non-hydrogen) atoms. The van der Waals surface area contributed by atoms with Crippen molar-refractivity contribution in [3.05, 3.63) is 58.1 Å². The Morgan fingerprint density at radius 2 is 1.78 bits per heavy atom. The zero-order valence-electron chi connectivity index (χ0n) is 13.1. The average molecular weight is 377 g/mol. The fourth-order valence-electron chi connectivity index (χ4n) is 1.99. The number of halogens is 1. The van der Waals surface area contributed by atoms with E-state index in [0.717, 1.165) is 10.0 Å². The van der Waals surface area contributed by atoms with Crippen LogP contribution in [0.5, 0.6) is 11.5 Å². The van der Waals surface area contributed by atoms with Crippen LogP contribution in [0.4, 0.5) is 0 Å². The van der Waals surface area contributed by atoms with Crippen LogP contribution in [-0.4, -0.2) is 25.8 Å². The van der Waals surface area contributed by atoms with Gasteiger partial charge in [0.1, 0.15) is 0 Å². The predicted octanol–water partition coefficient (Wildman–Crippen LogP) is 3.62. The Balaban J connectivity index is 2.16. The predicted molar refractivity (Wildman–Crippen MR) is 93.4 cm³/mol. The summed E-state index contributed by atoms with van der Waals surface area (Å²) in [6.45, 7) is 1.83. The number of benzene rings is 2. The van der Waals surface area contributed by atoms with E-state index in [1.54, 1.807) is 25.3 Å². The molecule has 1 N–H and O–H groups in total. The largest absolute Gasteiger partial charge is 0.493 e. The van der Waals surface area contributed by atoms with Gasteiger partial charge in [-0.1, -0.05) is 34.1 Å². The minimum absolute atomic E-state index is 0.322. The van der Waals surface area contributed by atoms with Crippen LogP contribution in [0.25, 0.3) is 0 Å². The first-order valence-corrected chi connectivity index (χ1v) is 7.67. The van der Waals surface area contributed by atoms with E-state index in [1.165, 1.54) is 7.11 Å². The first-order chi connectivity index (χ1) is 11.1. The lowest BCUT2D eigenvalue weighted by Gasteiger charge is -2.09. The molecule has 1 amide bonds. The highest BCUT2D eigenvalue weighted by molar-refractivity contribution is 9.10. The van der Waals surface area contributed by atoms with Crippen molar-refractivity contribution in [2.45, 2.75) is 6.92 Å². The van der Waals surface area contributed by atoms with E-state index in [1.807, 2.05) is 31.2 Å². The third kappa shape index (κ3) is 4.10. The van der Waals surface area contributed by atoms with Crippen LogP contribution < -0.4 is 14.9 Å². The number of nitrogens with zero attached hydrogens (tertiary/aromatic N) is 1. The van der Waals surface area contributed by atoms with Gasteiger partial charge in [-0.3, -0.25) is 4.79 Å². The SMILES string of the molecule is COc1ccc(C(=O)N/N=C(/C)c2ccccc2Br)cc1OC. The monoisotopic (exact) mass is 376 g/mol. The van der Waals surface area contributed by atoms with Crippen molar-refractivity contribution in [2.75, 3.05) is 14.2 Å². The first kappa shape index (κ1) is 17.0. The van der Waals surface area contributed by atoms with Gasteiger partial charge >= 0.3 is 0 Å². The number of methoxy groups -OCH3 is 2. The molecule has 0 atom stereocenters. The van der Waals surface area contributed by atoms with Crippen molar-refractivity contribution in [1.82, 2.24) is 5.43 Å². The van der Waals surface area contributed by atoms with Crippen LogP contribution in [0.1, 0.15) is 22.8 Å². The molecule has 0 aliphatic carbocycles. The van der Waals surface area contributed by atoms with Crippen LogP contribution in [0.3, 0.4) is 0 Å². The number of ether oxygens (including phenoxy) is 2. The van der Waals surface area contributed by atoms with Gasteiger partial charge < -0.3 is 9.47 Å². The lowest BCUT2D eigenvalue weighted by atomic mass is 10.1. The first-order valence-electron chi connectivity index (χ1n) is 6.88. The summed E-state index contributed by atoms with van der Waals surface area (Å²) >= 11 is 3.46. The molecular weight excluding hydrogens is 360 g/mol. The van der Waals surface area contributed by atoms with Crippen molar-refractivity contribution in [3.63, 3.8) is 0 Å². The van der Waals surface area contributed by atoms with E-state index < -0.39 is 0 Å². The fourth-order valence-corrected chi connectivity index (χ4v) is 2.56. The molecule has 0 aliphatic rings.